The normalized spacial score (nSPS) is 25.6. The van der Waals surface area contributed by atoms with Crippen LogP contribution in [0.25, 0.3) is 0 Å². The first-order chi connectivity index (χ1) is 5.98. The Morgan fingerprint density at radius 1 is 1.62 bits per heavy atom. The van der Waals surface area contributed by atoms with E-state index < -0.39 is 6.10 Å². The van der Waals surface area contributed by atoms with Gasteiger partial charge >= 0.3 is 4.87 Å². The van der Waals surface area contributed by atoms with Crippen molar-refractivity contribution in [1.29, 1.82) is 0 Å². The van der Waals surface area contributed by atoms with Gasteiger partial charge in [0.1, 0.15) is 0 Å². The van der Waals surface area contributed by atoms with Crippen molar-refractivity contribution in [2.75, 3.05) is 0 Å². The zero-order valence-electron chi connectivity index (χ0n) is 7.76. The van der Waals surface area contributed by atoms with Crippen molar-refractivity contribution in [3.8, 4) is 0 Å². The Morgan fingerprint density at radius 3 is 3.00 bits per heavy atom. The number of thiazole rings is 1. The molecule has 13 heavy (non-hydrogen) atoms. The van der Waals surface area contributed by atoms with Crippen LogP contribution in [0.15, 0.2) is 4.79 Å². The van der Waals surface area contributed by atoms with Gasteiger partial charge in [0, 0.05) is 5.69 Å². The van der Waals surface area contributed by atoms with E-state index in [4.69, 9.17) is 0 Å². The molecule has 72 valence electrons. The lowest BCUT2D eigenvalue weighted by Crippen LogP contribution is -2.24. The van der Waals surface area contributed by atoms with Gasteiger partial charge in [-0.1, -0.05) is 25.2 Å². The first kappa shape index (κ1) is 8.97. The first-order valence-electron chi connectivity index (χ1n) is 4.38. The lowest BCUT2D eigenvalue weighted by molar-refractivity contribution is 0.102. The van der Waals surface area contributed by atoms with Gasteiger partial charge in [-0.2, -0.15) is 0 Å². The summed E-state index contributed by atoms with van der Waals surface area (Å²) in [6.45, 7) is 4.21. The van der Waals surface area contributed by atoms with Crippen LogP contribution in [0.2, 0.25) is 0 Å². The van der Waals surface area contributed by atoms with E-state index in [-0.39, 0.29) is 10.3 Å². The second-order valence-corrected chi connectivity index (χ2v) is 5.43. The molecule has 0 spiro atoms. The van der Waals surface area contributed by atoms with Gasteiger partial charge in [0.2, 0.25) is 0 Å². The third kappa shape index (κ3) is 1.56. The van der Waals surface area contributed by atoms with E-state index in [1.807, 2.05) is 0 Å². The predicted molar refractivity (Wildman–Crippen MR) is 52.0 cm³/mol. The summed E-state index contributed by atoms with van der Waals surface area (Å²) in [4.78, 5) is 14.6. The highest BCUT2D eigenvalue weighted by atomic mass is 32.1. The maximum Gasteiger partial charge on any atom is 0.305 e. The van der Waals surface area contributed by atoms with Crippen LogP contribution in [0.4, 0.5) is 0 Å². The summed E-state index contributed by atoms with van der Waals surface area (Å²) in [5.74, 6) is 0. The molecular weight excluding hydrogens is 186 g/mol. The van der Waals surface area contributed by atoms with Crippen molar-refractivity contribution in [2.45, 2.75) is 32.8 Å². The van der Waals surface area contributed by atoms with Gasteiger partial charge in [-0.25, -0.2) is 0 Å². The van der Waals surface area contributed by atoms with Crippen LogP contribution in [-0.4, -0.2) is 10.1 Å². The highest BCUT2D eigenvalue weighted by molar-refractivity contribution is 7.09. The molecule has 0 amide bonds. The van der Waals surface area contributed by atoms with E-state index >= 15 is 0 Å². The number of aliphatic hydroxyl groups excluding tert-OH is 1. The Labute approximate surface area is 80.4 Å². The van der Waals surface area contributed by atoms with Crippen LogP contribution in [0, 0.1) is 5.41 Å². The summed E-state index contributed by atoms with van der Waals surface area (Å²) in [5.41, 5.74) is 1.02. The third-order valence-electron chi connectivity index (χ3n) is 2.46. The molecule has 1 aromatic rings. The molecule has 0 aromatic carbocycles. The van der Waals surface area contributed by atoms with E-state index in [1.54, 1.807) is 0 Å². The van der Waals surface area contributed by atoms with Crippen molar-refractivity contribution >= 4 is 11.3 Å². The summed E-state index contributed by atoms with van der Waals surface area (Å²) in [7, 11) is 0. The van der Waals surface area contributed by atoms with Crippen LogP contribution >= 0.6 is 11.3 Å². The zero-order chi connectivity index (χ0) is 9.64. The molecule has 4 heteroatoms. The number of rotatable bonds is 0. The van der Waals surface area contributed by atoms with Crippen LogP contribution in [0.1, 0.15) is 36.9 Å². The van der Waals surface area contributed by atoms with Crippen LogP contribution < -0.4 is 4.87 Å². The van der Waals surface area contributed by atoms with Gasteiger partial charge in [-0.3, -0.25) is 4.79 Å². The highest BCUT2D eigenvalue weighted by Gasteiger charge is 2.33. The second kappa shape index (κ2) is 2.69. The maximum atomic E-state index is 11.1. The van der Waals surface area contributed by atoms with Gasteiger partial charge in [-0.05, 0) is 18.3 Å². The summed E-state index contributed by atoms with van der Waals surface area (Å²) < 4.78 is 0. The van der Waals surface area contributed by atoms with Gasteiger partial charge in [0.05, 0.1) is 11.0 Å². The molecule has 2 N–H and O–H groups in total. The number of hydrogen-bond acceptors (Lipinski definition) is 3. The summed E-state index contributed by atoms with van der Waals surface area (Å²) in [6, 6.07) is 0. The Bertz CT molecular complexity index is 377. The van der Waals surface area contributed by atoms with E-state index in [2.05, 4.69) is 18.8 Å². The second-order valence-electron chi connectivity index (χ2n) is 4.42. The van der Waals surface area contributed by atoms with E-state index in [1.165, 1.54) is 0 Å². The number of fused-ring (bicyclic) bond motifs is 1. The fourth-order valence-electron chi connectivity index (χ4n) is 1.94. The Balaban J connectivity index is 2.48. The molecule has 1 heterocycles. The molecule has 0 fully saturated rings. The molecule has 0 aliphatic heterocycles. The minimum absolute atomic E-state index is 0.0539. The largest absolute Gasteiger partial charge is 0.387 e. The zero-order valence-corrected chi connectivity index (χ0v) is 8.57. The third-order valence-corrected chi connectivity index (χ3v) is 3.48. The molecule has 1 aliphatic carbocycles. The van der Waals surface area contributed by atoms with Crippen molar-refractivity contribution in [3.05, 3.63) is 20.2 Å². The van der Waals surface area contributed by atoms with Crippen LogP contribution in [0.3, 0.4) is 0 Å². The van der Waals surface area contributed by atoms with E-state index in [0.717, 1.165) is 34.7 Å². The molecular formula is C9H13NO2S. The first-order valence-corrected chi connectivity index (χ1v) is 5.19. The van der Waals surface area contributed by atoms with Crippen molar-refractivity contribution in [2.24, 2.45) is 5.41 Å². The molecule has 0 saturated carbocycles. The quantitative estimate of drug-likeness (QED) is 0.664. The van der Waals surface area contributed by atoms with Gasteiger partial charge in [-0.15, -0.1) is 0 Å². The molecule has 2 rings (SSSR count). The maximum absolute atomic E-state index is 11.1. The van der Waals surface area contributed by atoms with Gasteiger partial charge in [0.15, 0.2) is 0 Å². The van der Waals surface area contributed by atoms with Gasteiger partial charge < -0.3 is 10.1 Å². The fraction of sp³-hybridized carbons (Fsp3) is 0.667. The molecule has 3 nitrogen and oxygen atoms in total. The van der Waals surface area contributed by atoms with E-state index in [0.29, 0.717) is 0 Å². The Hall–Kier alpha value is -0.610. The molecule has 1 aromatic heterocycles. The van der Waals surface area contributed by atoms with Crippen molar-refractivity contribution < 1.29 is 5.11 Å². The SMILES string of the molecule is CC1(C)Cc2[nH]c(=O)sc2C(O)C1. The summed E-state index contributed by atoms with van der Waals surface area (Å²) >= 11 is 1.14. The summed E-state index contributed by atoms with van der Waals surface area (Å²) in [6.07, 6.45) is 1.15. The topological polar surface area (TPSA) is 53.1 Å². The van der Waals surface area contributed by atoms with Crippen molar-refractivity contribution in [3.63, 3.8) is 0 Å². The molecule has 1 unspecified atom stereocenters. The minimum atomic E-state index is -0.456. The van der Waals surface area contributed by atoms with Crippen LogP contribution in [0.5, 0.6) is 0 Å². The number of hydrogen-bond donors (Lipinski definition) is 2. The Kier molecular flexibility index (Phi) is 1.85. The van der Waals surface area contributed by atoms with E-state index in [9.17, 15) is 9.90 Å². The summed E-state index contributed by atoms with van der Waals surface area (Å²) in [5, 5.41) is 9.76. The average molecular weight is 199 g/mol. The van der Waals surface area contributed by atoms with Crippen LogP contribution in [-0.2, 0) is 6.42 Å². The molecule has 0 radical (unpaired) electrons. The van der Waals surface area contributed by atoms with Gasteiger partial charge in [0.25, 0.3) is 0 Å². The fourth-order valence-corrected chi connectivity index (χ4v) is 2.78. The number of aromatic amines is 1. The number of H-pyrrole nitrogens is 1. The highest BCUT2D eigenvalue weighted by Crippen LogP contribution is 2.40. The molecule has 1 atom stereocenters. The minimum Gasteiger partial charge on any atom is -0.387 e. The molecule has 0 bridgehead atoms. The smallest absolute Gasteiger partial charge is 0.305 e. The standard InChI is InChI=1S/C9H13NO2S/c1-9(2)3-5-7(6(11)4-9)13-8(12)10-5/h6,11H,3-4H2,1-2H3,(H,10,12). The average Bonchev–Trinajstić information content (AvgIpc) is 2.27. The number of nitrogens with one attached hydrogen (secondary N) is 1. The predicted octanol–water partition coefficient (Wildman–Crippen LogP) is 1.44. The monoisotopic (exact) mass is 199 g/mol. The number of aromatic nitrogens is 1. The number of aliphatic hydroxyl groups is 1. The molecule has 0 saturated heterocycles. The van der Waals surface area contributed by atoms with Crippen molar-refractivity contribution in [1.82, 2.24) is 4.98 Å². The lowest BCUT2D eigenvalue weighted by atomic mass is 9.77. The Morgan fingerprint density at radius 2 is 2.31 bits per heavy atom. The lowest BCUT2D eigenvalue weighted by Gasteiger charge is -2.31. The molecule has 1 aliphatic rings.